The third-order valence-electron chi connectivity index (χ3n) is 9.48. The average Bonchev–Trinajstić information content (AvgIpc) is 3.82. The molecule has 0 saturated carbocycles. The topological polar surface area (TPSA) is 128 Å². The van der Waals surface area contributed by atoms with E-state index in [0.717, 1.165) is 44.1 Å². The lowest BCUT2D eigenvalue weighted by Gasteiger charge is -2.07. The second-order valence-electron chi connectivity index (χ2n) is 13.4. The molecule has 0 aliphatic carbocycles. The predicted molar refractivity (Wildman–Crippen MR) is 237 cm³/mol. The highest BCUT2D eigenvalue weighted by molar-refractivity contribution is 6.39. The third kappa shape index (κ3) is 8.12. The Bertz CT molecular complexity index is 3010. The van der Waals surface area contributed by atoms with Crippen LogP contribution in [0.25, 0.3) is 55.7 Å². The van der Waals surface area contributed by atoms with Gasteiger partial charge in [-0.05, 0) is 110 Å². The molecule has 3 aromatic heterocycles. The summed E-state index contributed by atoms with van der Waals surface area (Å²) in [6.07, 6.45) is 0. The molecule has 6 aromatic carbocycles. The monoisotopic (exact) mass is 841 g/mol. The van der Waals surface area contributed by atoms with E-state index in [1.165, 1.54) is 0 Å². The molecule has 0 spiro atoms. The van der Waals surface area contributed by atoms with Gasteiger partial charge in [0.2, 0.25) is 0 Å². The van der Waals surface area contributed by atoms with Crippen LogP contribution in [-0.2, 0) is 0 Å². The van der Waals surface area contributed by atoms with Crippen LogP contribution in [0, 0.1) is 13.8 Å². The Balaban J connectivity index is 0.000000162. The van der Waals surface area contributed by atoms with E-state index in [-0.39, 0.29) is 11.8 Å². The maximum atomic E-state index is 12.7. The van der Waals surface area contributed by atoms with Gasteiger partial charge in [-0.15, -0.1) is 0 Å². The van der Waals surface area contributed by atoms with Gasteiger partial charge in [0, 0.05) is 22.3 Å². The van der Waals surface area contributed by atoms with Gasteiger partial charge in [-0.2, -0.15) is 0 Å². The third-order valence-corrected chi connectivity index (χ3v) is 10.7. The summed E-state index contributed by atoms with van der Waals surface area (Å²) in [5.74, 6) is 0.717. The summed E-state index contributed by atoms with van der Waals surface area (Å²) in [5, 5.41) is 8.87. The number of aromatic nitrogens is 5. The molecule has 286 valence electrons. The molecule has 0 aliphatic heterocycles. The van der Waals surface area contributed by atoms with E-state index in [2.05, 4.69) is 35.6 Å². The van der Waals surface area contributed by atoms with Crippen molar-refractivity contribution in [3.8, 4) is 22.8 Å². The number of fused-ring (bicyclic) bond motifs is 3. The summed E-state index contributed by atoms with van der Waals surface area (Å²) < 4.78 is 0. The van der Waals surface area contributed by atoms with Crippen molar-refractivity contribution in [1.82, 2.24) is 24.9 Å². The first-order valence-electron chi connectivity index (χ1n) is 17.9. The van der Waals surface area contributed by atoms with E-state index in [4.69, 9.17) is 46.4 Å². The first-order valence-corrected chi connectivity index (χ1v) is 19.5. The van der Waals surface area contributed by atoms with Crippen LogP contribution in [0.2, 0.25) is 20.1 Å². The molecule has 0 bridgehead atoms. The SMILES string of the molecule is Cc1ccc(C(=O)Nc2ccc3nc(-c4c(Cl)cccc4Cl)[nH]c3c2)cc1C.O=C(Nc1ccc2nc(-c3c(Cl)cccc3Cl)[nH]c2c1)c1ccc2ccccc2n1. The van der Waals surface area contributed by atoms with Gasteiger partial charge < -0.3 is 20.6 Å². The number of H-pyrrole nitrogens is 2. The van der Waals surface area contributed by atoms with E-state index in [0.29, 0.717) is 65.5 Å². The highest BCUT2D eigenvalue weighted by Crippen LogP contribution is 2.35. The average molecular weight is 844 g/mol. The van der Waals surface area contributed by atoms with Crippen molar-refractivity contribution in [1.29, 1.82) is 0 Å². The Hall–Kier alpha value is -6.23. The van der Waals surface area contributed by atoms with Crippen LogP contribution in [-0.4, -0.2) is 36.7 Å². The molecule has 3 heterocycles. The summed E-state index contributed by atoms with van der Waals surface area (Å²) in [7, 11) is 0. The van der Waals surface area contributed by atoms with Crippen LogP contribution in [0.15, 0.2) is 127 Å². The number of rotatable bonds is 6. The molecule has 0 saturated heterocycles. The summed E-state index contributed by atoms with van der Waals surface area (Å²) in [6, 6.07) is 38.5. The standard InChI is InChI=1S/C23H14Cl2N4O.C22H17Cl2N3O/c24-15-5-3-6-16(25)21(15)22-28-18-11-9-14(12-20(18)29-22)26-23(30)19-10-8-13-4-1-2-7-17(13)27-19;1-12-6-7-14(10-13(12)2)22(28)25-15-8-9-18-19(11-15)27-21(26-18)20-16(23)4-3-5-17(20)24/h1-12H,(H,26,30)(H,28,29);3-11H,1-2H3,(H,25,28)(H,26,27). The van der Waals surface area contributed by atoms with Gasteiger partial charge in [0.05, 0.1) is 58.8 Å². The molecule has 0 fully saturated rings. The number of anilines is 2. The van der Waals surface area contributed by atoms with Gasteiger partial charge in [-0.3, -0.25) is 9.59 Å². The Morgan fingerprint density at radius 3 is 1.59 bits per heavy atom. The molecule has 4 N–H and O–H groups in total. The van der Waals surface area contributed by atoms with Crippen LogP contribution < -0.4 is 10.6 Å². The minimum Gasteiger partial charge on any atom is -0.338 e. The molecule has 58 heavy (non-hydrogen) atoms. The smallest absolute Gasteiger partial charge is 0.274 e. The number of amides is 2. The number of carbonyl (C=O) groups is 2. The fourth-order valence-electron chi connectivity index (χ4n) is 6.33. The largest absolute Gasteiger partial charge is 0.338 e. The summed E-state index contributed by atoms with van der Waals surface area (Å²) >= 11 is 25.1. The number of benzene rings is 6. The molecule has 9 rings (SSSR count). The van der Waals surface area contributed by atoms with Crippen molar-refractivity contribution >= 4 is 103 Å². The van der Waals surface area contributed by atoms with Gasteiger partial charge in [0.15, 0.2) is 0 Å². The van der Waals surface area contributed by atoms with E-state index in [9.17, 15) is 9.59 Å². The molecular formula is C45H31Cl4N7O2. The molecule has 0 unspecified atom stereocenters. The number of aryl methyl sites for hydroxylation is 2. The fourth-order valence-corrected chi connectivity index (χ4v) is 7.49. The zero-order valence-electron chi connectivity index (χ0n) is 30.8. The molecule has 13 heteroatoms. The number of halogens is 4. The summed E-state index contributed by atoms with van der Waals surface area (Å²) in [4.78, 5) is 45.3. The van der Waals surface area contributed by atoms with Gasteiger partial charge in [0.1, 0.15) is 17.3 Å². The molecule has 2 amide bonds. The second-order valence-corrected chi connectivity index (χ2v) is 15.1. The molecule has 9 aromatic rings. The van der Waals surface area contributed by atoms with E-state index < -0.39 is 0 Å². The number of para-hydroxylation sites is 1. The lowest BCUT2D eigenvalue weighted by Crippen LogP contribution is -2.13. The van der Waals surface area contributed by atoms with Gasteiger partial charge in [0.25, 0.3) is 11.8 Å². The molecule has 0 atom stereocenters. The van der Waals surface area contributed by atoms with Crippen LogP contribution in [0.3, 0.4) is 0 Å². The highest BCUT2D eigenvalue weighted by atomic mass is 35.5. The molecule has 0 aliphatic rings. The lowest BCUT2D eigenvalue weighted by molar-refractivity contribution is 0.101. The number of nitrogens with zero attached hydrogens (tertiary/aromatic N) is 3. The Morgan fingerprint density at radius 2 is 1.03 bits per heavy atom. The van der Waals surface area contributed by atoms with Gasteiger partial charge in [-0.25, -0.2) is 15.0 Å². The van der Waals surface area contributed by atoms with E-state index in [1.54, 1.807) is 48.5 Å². The lowest BCUT2D eigenvalue weighted by atomic mass is 10.1. The number of nitrogens with one attached hydrogen (secondary N) is 4. The quantitative estimate of drug-likeness (QED) is 0.132. The molecule has 9 nitrogen and oxygen atoms in total. The van der Waals surface area contributed by atoms with Crippen molar-refractivity contribution in [3.63, 3.8) is 0 Å². The number of hydrogen-bond donors (Lipinski definition) is 4. The van der Waals surface area contributed by atoms with Crippen molar-refractivity contribution in [2.75, 3.05) is 10.6 Å². The number of pyridine rings is 1. The Morgan fingerprint density at radius 1 is 0.500 bits per heavy atom. The molecular weight excluding hydrogens is 812 g/mol. The van der Waals surface area contributed by atoms with Crippen LogP contribution >= 0.6 is 46.4 Å². The van der Waals surface area contributed by atoms with Crippen molar-refractivity contribution < 1.29 is 9.59 Å². The molecule has 0 radical (unpaired) electrons. The first-order chi connectivity index (χ1) is 28.0. The maximum absolute atomic E-state index is 12.7. The summed E-state index contributed by atoms with van der Waals surface area (Å²) in [6.45, 7) is 4.01. The van der Waals surface area contributed by atoms with Crippen molar-refractivity contribution in [2.24, 2.45) is 0 Å². The Kier molecular flexibility index (Phi) is 10.9. The zero-order valence-corrected chi connectivity index (χ0v) is 33.8. The minimum absolute atomic E-state index is 0.156. The highest BCUT2D eigenvalue weighted by Gasteiger charge is 2.16. The van der Waals surface area contributed by atoms with Crippen LogP contribution in [0.1, 0.15) is 32.0 Å². The van der Waals surface area contributed by atoms with Gasteiger partial charge in [-0.1, -0.05) is 88.9 Å². The van der Waals surface area contributed by atoms with E-state index >= 15 is 0 Å². The first kappa shape index (κ1) is 38.6. The Labute approximate surface area is 352 Å². The zero-order chi connectivity index (χ0) is 40.5. The predicted octanol–water partition coefficient (Wildman–Crippen LogP) is 12.7. The number of carbonyl (C=O) groups excluding carboxylic acids is 2. The van der Waals surface area contributed by atoms with E-state index in [1.807, 2.05) is 92.7 Å². The fraction of sp³-hybridized carbons (Fsp3) is 0.0444. The van der Waals surface area contributed by atoms with Crippen molar-refractivity contribution in [3.05, 3.63) is 170 Å². The van der Waals surface area contributed by atoms with Gasteiger partial charge >= 0.3 is 0 Å². The minimum atomic E-state index is -0.283. The number of imidazole rings is 2. The second kappa shape index (κ2) is 16.3. The summed E-state index contributed by atoms with van der Waals surface area (Å²) in [5.41, 5.74) is 9.62. The number of aromatic amines is 2. The van der Waals surface area contributed by atoms with Crippen molar-refractivity contribution in [2.45, 2.75) is 13.8 Å². The van der Waals surface area contributed by atoms with Crippen LogP contribution in [0.5, 0.6) is 0 Å². The van der Waals surface area contributed by atoms with Crippen LogP contribution in [0.4, 0.5) is 11.4 Å². The maximum Gasteiger partial charge on any atom is 0.274 e. The number of hydrogen-bond acceptors (Lipinski definition) is 5. The normalized spacial score (nSPS) is 11.1.